The van der Waals surface area contributed by atoms with Crippen LogP contribution in [0.2, 0.25) is 0 Å². The van der Waals surface area contributed by atoms with Gasteiger partial charge in [-0.15, -0.1) is 0 Å². The molecule has 174 valence electrons. The number of piperidine rings is 1. The van der Waals surface area contributed by atoms with Gasteiger partial charge in [-0.05, 0) is 49.4 Å². The first-order chi connectivity index (χ1) is 15.8. The van der Waals surface area contributed by atoms with Gasteiger partial charge >= 0.3 is 0 Å². The third kappa shape index (κ3) is 4.34. The number of ether oxygens (including phenoxy) is 1. The quantitative estimate of drug-likeness (QED) is 0.667. The van der Waals surface area contributed by atoms with Crippen LogP contribution < -0.4 is 10.1 Å². The number of halogens is 3. The molecule has 0 unspecified atom stereocenters. The van der Waals surface area contributed by atoms with Gasteiger partial charge in [0.2, 0.25) is 11.8 Å². The summed E-state index contributed by atoms with van der Waals surface area (Å²) in [6, 6.07) is 7.16. The summed E-state index contributed by atoms with van der Waals surface area (Å²) in [5.41, 5.74) is 0.148. The Morgan fingerprint density at radius 3 is 2.73 bits per heavy atom. The topological polar surface area (TPSA) is 58.6 Å². The smallest absolute Gasteiger partial charge is 0.228 e. The summed E-state index contributed by atoms with van der Waals surface area (Å²) in [6.45, 7) is 1.86. The molecule has 1 N–H and O–H groups in total. The minimum atomic E-state index is -1.13. The number of nitrogens with one attached hydrogen (secondary N) is 1. The summed E-state index contributed by atoms with van der Waals surface area (Å²) in [7, 11) is 1.44. The van der Waals surface area contributed by atoms with Gasteiger partial charge in [0.15, 0.2) is 11.6 Å². The van der Waals surface area contributed by atoms with Crippen LogP contribution in [0.1, 0.15) is 24.0 Å². The van der Waals surface area contributed by atoms with E-state index in [1.807, 2.05) is 12.2 Å². The van der Waals surface area contributed by atoms with Crippen molar-refractivity contribution >= 4 is 17.5 Å². The number of nitrogens with zero attached hydrogens (tertiary/aromatic N) is 1. The van der Waals surface area contributed by atoms with Gasteiger partial charge in [0, 0.05) is 12.1 Å². The fourth-order valence-corrected chi connectivity index (χ4v) is 4.69. The lowest BCUT2D eigenvalue weighted by Crippen LogP contribution is -2.50. The van der Waals surface area contributed by atoms with Crippen molar-refractivity contribution in [3.63, 3.8) is 0 Å². The van der Waals surface area contributed by atoms with Crippen molar-refractivity contribution in [2.45, 2.75) is 26.3 Å². The molecule has 0 spiro atoms. The molecule has 1 fully saturated rings. The summed E-state index contributed by atoms with van der Waals surface area (Å²) in [4.78, 5) is 28.0. The Morgan fingerprint density at radius 1 is 1.18 bits per heavy atom. The molecule has 33 heavy (non-hydrogen) atoms. The minimum absolute atomic E-state index is 0.0216. The minimum Gasteiger partial charge on any atom is -0.496 e. The first kappa shape index (κ1) is 22.9. The highest BCUT2D eigenvalue weighted by Crippen LogP contribution is 2.39. The van der Waals surface area contributed by atoms with Gasteiger partial charge in [-0.25, -0.2) is 13.2 Å². The number of hydrogen-bond acceptors (Lipinski definition) is 3. The largest absolute Gasteiger partial charge is 0.496 e. The van der Waals surface area contributed by atoms with Crippen LogP contribution >= 0.6 is 0 Å². The molecule has 1 aliphatic carbocycles. The summed E-state index contributed by atoms with van der Waals surface area (Å²) >= 11 is 0. The predicted octanol–water partition coefficient (Wildman–Crippen LogP) is 4.60. The van der Waals surface area contributed by atoms with E-state index in [-0.39, 0.29) is 35.2 Å². The second-order valence-corrected chi connectivity index (χ2v) is 8.48. The number of carbonyl (C=O) groups is 2. The first-order valence-electron chi connectivity index (χ1n) is 10.8. The lowest BCUT2D eigenvalue weighted by atomic mass is 9.71. The molecule has 8 heteroatoms. The van der Waals surface area contributed by atoms with E-state index in [0.717, 1.165) is 0 Å². The fraction of sp³-hybridized carbons (Fsp3) is 0.360. The van der Waals surface area contributed by atoms with Crippen LogP contribution in [0.4, 0.5) is 18.9 Å². The van der Waals surface area contributed by atoms with Gasteiger partial charge < -0.3 is 15.0 Å². The van der Waals surface area contributed by atoms with Crippen LogP contribution in [0.5, 0.6) is 5.75 Å². The molecule has 1 saturated heterocycles. The molecule has 5 nitrogen and oxygen atoms in total. The number of likely N-dealkylation sites (tertiary alicyclic amines) is 1. The Bertz CT molecular complexity index is 1120. The molecule has 2 aromatic carbocycles. The highest BCUT2D eigenvalue weighted by atomic mass is 19.2. The molecule has 2 aromatic rings. The Balaban J connectivity index is 1.56. The number of amides is 2. The summed E-state index contributed by atoms with van der Waals surface area (Å²) in [5, 5.41) is 2.45. The Hall–Kier alpha value is -3.29. The maximum absolute atomic E-state index is 14.4. The van der Waals surface area contributed by atoms with Crippen LogP contribution in [0.15, 0.2) is 42.5 Å². The molecule has 0 radical (unpaired) electrons. The second-order valence-electron chi connectivity index (χ2n) is 8.48. The van der Waals surface area contributed by atoms with Crippen LogP contribution in [0, 0.1) is 42.1 Å². The monoisotopic (exact) mass is 458 g/mol. The van der Waals surface area contributed by atoms with E-state index in [9.17, 15) is 22.8 Å². The maximum Gasteiger partial charge on any atom is 0.228 e. The van der Waals surface area contributed by atoms with Crippen LogP contribution in [0.25, 0.3) is 0 Å². The molecular weight excluding hydrogens is 433 g/mol. The number of benzene rings is 2. The number of fused-ring (bicyclic) bond motifs is 1. The van der Waals surface area contributed by atoms with E-state index in [1.165, 1.54) is 43.2 Å². The van der Waals surface area contributed by atoms with Crippen LogP contribution in [-0.2, 0) is 16.1 Å². The standard InChI is InChI=1S/C25H25F3N2O3/c1-14-9-10-19(23(28)22(14)27)29-24(31)16-6-3-5-15-11-12-30(25(32)21(15)16)13-17-18(26)7-4-8-20(17)33-2/h3-5,7-10,15-16,21H,6,11-13H2,1-2H3,(H,29,31)/t15-,16-,21+/m0/s1. The van der Waals surface area contributed by atoms with Crippen LogP contribution in [0.3, 0.4) is 0 Å². The van der Waals surface area contributed by atoms with Gasteiger partial charge in [-0.3, -0.25) is 9.59 Å². The van der Waals surface area contributed by atoms with Gasteiger partial charge in [0.25, 0.3) is 0 Å². The Labute approximate surface area is 190 Å². The van der Waals surface area contributed by atoms with Gasteiger partial charge in [-0.2, -0.15) is 0 Å². The molecule has 3 atom stereocenters. The summed E-state index contributed by atoms with van der Waals surface area (Å²) in [6.07, 6.45) is 4.69. The number of allylic oxidation sites excluding steroid dienone is 2. The predicted molar refractivity (Wildman–Crippen MR) is 117 cm³/mol. The average Bonchev–Trinajstić information content (AvgIpc) is 2.81. The fourth-order valence-electron chi connectivity index (χ4n) is 4.69. The van der Waals surface area contributed by atoms with E-state index in [4.69, 9.17) is 4.74 Å². The van der Waals surface area contributed by atoms with Crippen molar-refractivity contribution < 1.29 is 27.5 Å². The number of hydrogen-bond donors (Lipinski definition) is 1. The highest BCUT2D eigenvalue weighted by Gasteiger charge is 2.45. The summed E-state index contributed by atoms with van der Waals surface area (Å²) < 4.78 is 47.9. The van der Waals surface area contributed by atoms with E-state index in [0.29, 0.717) is 25.1 Å². The zero-order valence-corrected chi connectivity index (χ0v) is 18.4. The van der Waals surface area contributed by atoms with Gasteiger partial charge in [0.1, 0.15) is 11.6 Å². The van der Waals surface area contributed by atoms with Crippen molar-refractivity contribution in [2.24, 2.45) is 17.8 Å². The third-order valence-corrected chi connectivity index (χ3v) is 6.51. The Morgan fingerprint density at radius 2 is 1.97 bits per heavy atom. The first-order valence-corrected chi connectivity index (χ1v) is 10.8. The van der Waals surface area contributed by atoms with E-state index in [2.05, 4.69) is 5.32 Å². The molecule has 1 heterocycles. The second kappa shape index (κ2) is 9.29. The van der Waals surface area contributed by atoms with Gasteiger partial charge in [-0.1, -0.05) is 24.3 Å². The molecule has 1 aliphatic heterocycles. The highest BCUT2D eigenvalue weighted by molar-refractivity contribution is 5.97. The zero-order chi connectivity index (χ0) is 23.7. The number of carbonyl (C=O) groups excluding carboxylic acids is 2. The molecule has 2 aliphatic rings. The number of rotatable bonds is 5. The third-order valence-electron chi connectivity index (χ3n) is 6.51. The number of aryl methyl sites for hydroxylation is 1. The average molecular weight is 458 g/mol. The molecule has 2 amide bonds. The summed E-state index contributed by atoms with van der Waals surface area (Å²) in [5.74, 6) is -4.66. The molecule has 0 bridgehead atoms. The molecule has 0 saturated carbocycles. The number of methoxy groups -OCH3 is 1. The molecular formula is C25H25F3N2O3. The van der Waals surface area contributed by atoms with E-state index < -0.39 is 35.2 Å². The van der Waals surface area contributed by atoms with Crippen molar-refractivity contribution in [1.82, 2.24) is 4.90 Å². The van der Waals surface area contributed by atoms with Crippen molar-refractivity contribution in [3.8, 4) is 5.75 Å². The SMILES string of the molecule is COc1cccc(F)c1CN1CC[C@@H]2C=CC[C@H](C(=O)Nc3ccc(C)c(F)c3F)[C@@H]2C1=O. The Kier molecular flexibility index (Phi) is 6.44. The molecule has 4 rings (SSSR count). The lowest BCUT2D eigenvalue weighted by Gasteiger charge is -2.41. The number of anilines is 1. The lowest BCUT2D eigenvalue weighted by molar-refractivity contribution is -0.147. The van der Waals surface area contributed by atoms with Gasteiger partial charge in [0.05, 0.1) is 31.2 Å². The molecule has 0 aromatic heterocycles. The van der Waals surface area contributed by atoms with Crippen LogP contribution in [-0.4, -0.2) is 30.4 Å². The van der Waals surface area contributed by atoms with E-state index in [1.54, 1.807) is 6.07 Å². The van der Waals surface area contributed by atoms with Crippen molar-refractivity contribution in [1.29, 1.82) is 0 Å². The normalized spacial score (nSPS) is 22.2. The van der Waals surface area contributed by atoms with E-state index >= 15 is 0 Å². The maximum atomic E-state index is 14.4. The zero-order valence-electron chi connectivity index (χ0n) is 18.4. The van der Waals surface area contributed by atoms with Crippen molar-refractivity contribution in [2.75, 3.05) is 19.0 Å². The van der Waals surface area contributed by atoms with Crippen molar-refractivity contribution in [3.05, 3.63) is 71.1 Å².